The third-order valence-corrected chi connectivity index (χ3v) is 5.75. The molecule has 27 heavy (non-hydrogen) atoms. The predicted octanol–water partition coefficient (Wildman–Crippen LogP) is 2.97. The van der Waals surface area contributed by atoms with Gasteiger partial charge in [0.15, 0.2) is 5.96 Å². The number of halogens is 1. The number of aliphatic hydroxyl groups excluding tert-OH is 1. The average molecular weight is 487 g/mol. The Morgan fingerprint density at radius 1 is 1.15 bits per heavy atom. The lowest BCUT2D eigenvalue weighted by Gasteiger charge is -2.28. The van der Waals surface area contributed by atoms with Gasteiger partial charge in [-0.1, -0.05) is 30.3 Å². The van der Waals surface area contributed by atoms with E-state index < -0.39 is 0 Å². The fourth-order valence-electron chi connectivity index (χ4n) is 3.77. The Morgan fingerprint density at radius 3 is 2.52 bits per heavy atom. The number of nitrogens with zero attached hydrogens (tertiary/aromatic N) is 1. The summed E-state index contributed by atoms with van der Waals surface area (Å²) in [7, 11) is 0. The van der Waals surface area contributed by atoms with Crippen molar-refractivity contribution in [2.75, 3.05) is 39.5 Å². The first-order valence-electron chi connectivity index (χ1n) is 9.94. The summed E-state index contributed by atoms with van der Waals surface area (Å²) in [5.74, 6) is 0.885. The van der Waals surface area contributed by atoms with E-state index in [-0.39, 0.29) is 36.0 Å². The molecule has 6 heteroatoms. The minimum atomic E-state index is 0. The Balaban J connectivity index is 0.00000261. The highest BCUT2D eigenvalue weighted by atomic mass is 127. The number of benzene rings is 1. The summed E-state index contributed by atoms with van der Waals surface area (Å²) in [6.45, 7) is 6.31. The quantitative estimate of drug-likeness (QED) is 0.285. The molecule has 152 valence electrons. The Labute approximate surface area is 180 Å². The van der Waals surface area contributed by atoms with Gasteiger partial charge >= 0.3 is 0 Å². The van der Waals surface area contributed by atoms with Crippen LogP contribution in [-0.4, -0.2) is 50.5 Å². The van der Waals surface area contributed by atoms with Crippen LogP contribution in [0.5, 0.6) is 0 Å². The fourth-order valence-corrected chi connectivity index (χ4v) is 3.77. The van der Waals surface area contributed by atoms with E-state index in [9.17, 15) is 5.11 Å². The summed E-state index contributed by atoms with van der Waals surface area (Å²) in [6.07, 6.45) is 5.40. The van der Waals surface area contributed by atoms with Crippen LogP contribution in [0.1, 0.15) is 38.2 Å². The van der Waals surface area contributed by atoms with Crippen molar-refractivity contribution in [1.29, 1.82) is 0 Å². The van der Waals surface area contributed by atoms with Gasteiger partial charge in [-0.2, -0.15) is 0 Å². The van der Waals surface area contributed by atoms with Gasteiger partial charge in [-0.05, 0) is 50.0 Å². The second kappa shape index (κ2) is 10.6. The van der Waals surface area contributed by atoms with Gasteiger partial charge in [0.25, 0.3) is 0 Å². The molecule has 1 heterocycles. The molecule has 1 aromatic carbocycles. The van der Waals surface area contributed by atoms with E-state index in [4.69, 9.17) is 9.73 Å². The van der Waals surface area contributed by atoms with E-state index in [1.165, 1.54) is 18.4 Å². The van der Waals surface area contributed by atoms with Gasteiger partial charge < -0.3 is 20.5 Å². The number of rotatable bonds is 9. The smallest absolute Gasteiger partial charge is 0.191 e. The highest BCUT2D eigenvalue weighted by Crippen LogP contribution is 2.48. The molecule has 1 saturated heterocycles. The summed E-state index contributed by atoms with van der Waals surface area (Å²) in [5.41, 5.74) is 1.78. The summed E-state index contributed by atoms with van der Waals surface area (Å²) in [6, 6.07) is 10.7. The van der Waals surface area contributed by atoms with Gasteiger partial charge in [0.2, 0.25) is 0 Å². The van der Waals surface area contributed by atoms with E-state index in [0.29, 0.717) is 5.41 Å². The highest BCUT2D eigenvalue weighted by Gasteiger charge is 2.42. The van der Waals surface area contributed by atoms with Crippen LogP contribution in [-0.2, 0) is 11.2 Å². The lowest BCUT2D eigenvalue weighted by molar-refractivity contribution is 0.127. The molecule has 5 nitrogen and oxygen atoms in total. The number of guanidine groups is 1. The molecule has 0 aromatic heterocycles. The van der Waals surface area contributed by atoms with Crippen molar-refractivity contribution >= 4 is 29.9 Å². The predicted molar refractivity (Wildman–Crippen MR) is 121 cm³/mol. The summed E-state index contributed by atoms with van der Waals surface area (Å²) < 4.78 is 5.58. The molecular weight excluding hydrogens is 453 g/mol. The van der Waals surface area contributed by atoms with Gasteiger partial charge in [0, 0.05) is 38.3 Å². The van der Waals surface area contributed by atoms with E-state index in [1.54, 1.807) is 0 Å². The zero-order valence-electron chi connectivity index (χ0n) is 16.4. The monoisotopic (exact) mass is 487 g/mol. The largest absolute Gasteiger partial charge is 0.396 e. The second-order valence-electron chi connectivity index (χ2n) is 7.99. The van der Waals surface area contributed by atoms with Crippen LogP contribution in [0.25, 0.3) is 0 Å². The molecule has 2 fully saturated rings. The normalized spacial score (nSPS) is 23.6. The van der Waals surface area contributed by atoms with Gasteiger partial charge in [0.05, 0.1) is 6.61 Å². The first-order chi connectivity index (χ1) is 12.7. The van der Waals surface area contributed by atoms with Gasteiger partial charge in [-0.3, -0.25) is 4.99 Å². The Kier molecular flexibility index (Phi) is 8.82. The topological polar surface area (TPSA) is 65.9 Å². The van der Waals surface area contributed by atoms with Crippen LogP contribution < -0.4 is 10.6 Å². The van der Waals surface area contributed by atoms with Crippen molar-refractivity contribution < 1.29 is 9.84 Å². The standard InChI is InChI=1S/C21H33N3O2.HI/c1-2-22-19(24-16-21(10-12-25)11-13-26-17-21)23-15-20(8-9-20)14-18-6-4-3-5-7-18;/h3-7,25H,2,8-17H2,1H3,(H2,22,23,24);1H. The molecule has 1 atom stereocenters. The summed E-state index contributed by atoms with van der Waals surface area (Å²) >= 11 is 0. The van der Waals surface area contributed by atoms with E-state index in [2.05, 4.69) is 47.9 Å². The molecule has 3 rings (SSSR count). The zero-order chi connectivity index (χ0) is 18.3. The molecule has 1 aromatic rings. The van der Waals surface area contributed by atoms with E-state index in [0.717, 1.165) is 58.1 Å². The van der Waals surface area contributed by atoms with Crippen LogP contribution in [0.3, 0.4) is 0 Å². The first-order valence-corrected chi connectivity index (χ1v) is 9.94. The molecule has 0 amide bonds. The molecule has 0 spiro atoms. The van der Waals surface area contributed by atoms with Crippen molar-refractivity contribution in [1.82, 2.24) is 10.6 Å². The van der Waals surface area contributed by atoms with Gasteiger partial charge in [-0.15, -0.1) is 24.0 Å². The Morgan fingerprint density at radius 2 is 1.93 bits per heavy atom. The first kappa shape index (κ1) is 22.4. The van der Waals surface area contributed by atoms with Gasteiger partial charge in [0.1, 0.15) is 0 Å². The third-order valence-electron chi connectivity index (χ3n) is 5.75. The maximum Gasteiger partial charge on any atom is 0.191 e. The molecule has 0 bridgehead atoms. The average Bonchev–Trinajstić information content (AvgIpc) is 3.26. The number of aliphatic hydroxyl groups is 1. The van der Waals surface area contributed by atoms with Crippen molar-refractivity contribution in [2.24, 2.45) is 15.8 Å². The number of hydrogen-bond acceptors (Lipinski definition) is 3. The molecule has 1 unspecified atom stereocenters. The zero-order valence-corrected chi connectivity index (χ0v) is 18.7. The maximum atomic E-state index is 9.39. The number of aliphatic imine (C=N–C) groups is 1. The minimum Gasteiger partial charge on any atom is -0.396 e. The lowest BCUT2D eigenvalue weighted by atomic mass is 9.84. The molecule has 1 aliphatic heterocycles. The minimum absolute atomic E-state index is 0. The SMILES string of the molecule is CCNC(=NCC1(Cc2ccccc2)CC1)NCC1(CCO)CCOC1.I. The molecule has 1 aliphatic carbocycles. The van der Waals surface area contributed by atoms with Crippen molar-refractivity contribution in [3.05, 3.63) is 35.9 Å². The lowest BCUT2D eigenvalue weighted by Crippen LogP contribution is -2.44. The number of hydrogen-bond donors (Lipinski definition) is 3. The van der Waals surface area contributed by atoms with Crippen molar-refractivity contribution in [3.8, 4) is 0 Å². The number of nitrogens with one attached hydrogen (secondary N) is 2. The molecule has 1 saturated carbocycles. The van der Waals surface area contributed by atoms with E-state index in [1.807, 2.05) is 0 Å². The number of ether oxygens (including phenoxy) is 1. The summed E-state index contributed by atoms with van der Waals surface area (Å²) in [5, 5.41) is 16.3. The summed E-state index contributed by atoms with van der Waals surface area (Å²) in [4.78, 5) is 4.89. The molecule has 0 radical (unpaired) electrons. The third kappa shape index (κ3) is 6.61. The maximum absolute atomic E-state index is 9.39. The van der Waals surface area contributed by atoms with Crippen LogP contribution in [0, 0.1) is 10.8 Å². The fraction of sp³-hybridized carbons (Fsp3) is 0.667. The van der Waals surface area contributed by atoms with E-state index >= 15 is 0 Å². The molecule has 2 aliphatic rings. The molecular formula is C21H34IN3O2. The van der Waals surface area contributed by atoms with Crippen LogP contribution in [0.2, 0.25) is 0 Å². The van der Waals surface area contributed by atoms with Crippen molar-refractivity contribution in [3.63, 3.8) is 0 Å². The van der Waals surface area contributed by atoms with Crippen LogP contribution in [0.4, 0.5) is 0 Å². The Bertz CT molecular complexity index is 584. The second-order valence-corrected chi connectivity index (χ2v) is 7.99. The van der Waals surface area contributed by atoms with Crippen molar-refractivity contribution in [2.45, 2.75) is 39.0 Å². The van der Waals surface area contributed by atoms with Crippen LogP contribution >= 0.6 is 24.0 Å². The van der Waals surface area contributed by atoms with Gasteiger partial charge in [-0.25, -0.2) is 0 Å². The highest BCUT2D eigenvalue weighted by molar-refractivity contribution is 14.0. The Hall–Kier alpha value is -0.860. The van der Waals surface area contributed by atoms with Crippen LogP contribution in [0.15, 0.2) is 35.3 Å². The molecule has 3 N–H and O–H groups in total.